The van der Waals surface area contributed by atoms with Gasteiger partial charge in [0.15, 0.2) is 11.5 Å². The lowest BCUT2D eigenvalue weighted by Crippen LogP contribution is -2.69. The maximum atomic E-state index is 12.3. The minimum absolute atomic E-state index is 0.00635. The summed E-state index contributed by atoms with van der Waals surface area (Å²) < 4.78 is 62.5. The first-order valence-corrected chi connectivity index (χ1v) is 6.94. The molecule has 2 atom stereocenters. The van der Waals surface area contributed by atoms with Crippen LogP contribution in [0.2, 0.25) is 0 Å². The molecule has 118 valence electrons. The highest BCUT2D eigenvalue weighted by atomic mass is 32.2. The average molecular weight is 330 g/mol. The average Bonchev–Trinajstić information content (AvgIpc) is 2.35. The molecule has 0 saturated carbocycles. The Bertz CT molecular complexity index is 640. The van der Waals surface area contributed by atoms with Gasteiger partial charge in [-0.2, -0.15) is 21.6 Å². The van der Waals surface area contributed by atoms with Crippen LogP contribution in [0, 0.1) is 0 Å². The van der Waals surface area contributed by atoms with E-state index in [1.165, 1.54) is 0 Å². The number of hydrogen-bond donors (Lipinski definition) is 2. The quantitative estimate of drug-likeness (QED) is 0.405. The second kappa shape index (κ2) is 4.59. The number of nitrogens with zero attached hydrogens (tertiary/aromatic N) is 1. The number of carbonyl (C=O) groups excluding carboxylic acids is 1. The predicted molar refractivity (Wildman–Crippen MR) is 58.6 cm³/mol. The highest BCUT2D eigenvalue weighted by molar-refractivity contribution is 7.87. The van der Waals surface area contributed by atoms with Crippen molar-refractivity contribution in [2.24, 2.45) is 5.73 Å². The number of alkyl halides is 3. The molecule has 2 heterocycles. The zero-order valence-electron chi connectivity index (χ0n) is 10.1. The molecule has 0 aromatic rings. The molecule has 1 amide bonds. The number of allylic oxidation sites excluding steroid dienone is 1. The van der Waals surface area contributed by atoms with Crippen LogP contribution in [0.4, 0.5) is 13.2 Å². The number of nitrogens with two attached hydrogens (primary N) is 1. The summed E-state index contributed by atoms with van der Waals surface area (Å²) >= 11 is 0. The minimum atomic E-state index is -6.00. The van der Waals surface area contributed by atoms with Gasteiger partial charge in [0.2, 0.25) is 5.91 Å². The van der Waals surface area contributed by atoms with Gasteiger partial charge in [0.1, 0.15) is 6.04 Å². The molecule has 3 N–H and O–H groups in total. The van der Waals surface area contributed by atoms with E-state index in [4.69, 9.17) is 10.8 Å². The highest BCUT2D eigenvalue weighted by Crippen LogP contribution is 2.38. The smallest absolute Gasteiger partial charge is 0.476 e. The summed E-state index contributed by atoms with van der Waals surface area (Å²) in [4.78, 5) is 23.2. The molecule has 0 spiro atoms. The van der Waals surface area contributed by atoms with E-state index in [-0.39, 0.29) is 12.8 Å². The predicted octanol–water partition coefficient (Wildman–Crippen LogP) is -0.519. The Labute approximate surface area is 116 Å². The van der Waals surface area contributed by atoms with Crippen LogP contribution in [0.1, 0.15) is 12.8 Å². The number of aliphatic carboxylic acids is 1. The second-order valence-corrected chi connectivity index (χ2v) is 5.94. The van der Waals surface area contributed by atoms with Gasteiger partial charge >= 0.3 is 21.6 Å². The van der Waals surface area contributed by atoms with Crippen molar-refractivity contribution in [2.75, 3.05) is 0 Å². The third-order valence-corrected chi connectivity index (χ3v) is 4.12. The molecule has 21 heavy (non-hydrogen) atoms. The number of halogens is 3. The summed E-state index contributed by atoms with van der Waals surface area (Å²) in [6.07, 6.45) is -0.383. The third-order valence-electron chi connectivity index (χ3n) is 3.14. The Morgan fingerprint density at radius 2 is 2.00 bits per heavy atom. The summed E-state index contributed by atoms with van der Waals surface area (Å²) in [5.74, 6) is -3.52. The zero-order valence-corrected chi connectivity index (χ0v) is 10.9. The van der Waals surface area contributed by atoms with Gasteiger partial charge in [-0.1, -0.05) is 0 Å². The number of amides is 1. The van der Waals surface area contributed by atoms with Crippen molar-refractivity contribution in [3.8, 4) is 0 Å². The van der Waals surface area contributed by atoms with Crippen molar-refractivity contribution in [3.63, 3.8) is 0 Å². The fourth-order valence-corrected chi connectivity index (χ4v) is 2.69. The molecule has 2 rings (SSSR count). The molecule has 0 aromatic heterocycles. The number of carboxylic acid groups (broad SMARTS) is 1. The van der Waals surface area contributed by atoms with Crippen molar-refractivity contribution in [3.05, 3.63) is 11.5 Å². The van der Waals surface area contributed by atoms with E-state index in [2.05, 4.69) is 4.18 Å². The molecule has 0 aromatic carbocycles. The lowest BCUT2D eigenvalue weighted by atomic mass is 9.86. The molecule has 0 radical (unpaired) electrons. The normalized spacial score (nSPS) is 26.3. The molecule has 2 aliphatic heterocycles. The van der Waals surface area contributed by atoms with Crippen LogP contribution in [-0.4, -0.2) is 47.9 Å². The van der Waals surface area contributed by atoms with Gasteiger partial charge in [-0.25, -0.2) is 4.79 Å². The Morgan fingerprint density at radius 3 is 2.48 bits per heavy atom. The Morgan fingerprint density at radius 1 is 1.43 bits per heavy atom. The molecule has 1 unspecified atom stereocenters. The molecule has 1 fully saturated rings. The third kappa shape index (κ3) is 2.33. The van der Waals surface area contributed by atoms with Crippen LogP contribution in [-0.2, 0) is 23.9 Å². The fraction of sp³-hybridized carbons (Fsp3) is 0.556. The summed E-state index contributed by atoms with van der Waals surface area (Å²) in [6, 6.07) is -1.65. The first-order chi connectivity index (χ1) is 9.47. The van der Waals surface area contributed by atoms with Crippen LogP contribution in [0.3, 0.4) is 0 Å². The van der Waals surface area contributed by atoms with Crippen LogP contribution in [0.5, 0.6) is 0 Å². The first-order valence-electron chi connectivity index (χ1n) is 5.53. The summed E-state index contributed by atoms with van der Waals surface area (Å²) in [5.41, 5.74) is -1.19. The fourth-order valence-electron chi connectivity index (χ4n) is 2.17. The molecule has 0 bridgehead atoms. The number of carbonyl (C=O) groups is 2. The van der Waals surface area contributed by atoms with Gasteiger partial charge < -0.3 is 15.0 Å². The summed E-state index contributed by atoms with van der Waals surface area (Å²) in [5, 5.41) is 8.99. The van der Waals surface area contributed by atoms with E-state index in [0.29, 0.717) is 4.90 Å². The molecule has 1 saturated heterocycles. The molecular formula is C9H9F3N2O6S. The molecule has 12 heteroatoms. The number of hydrogen-bond acceptors (Lipinski definition) is 6. The topological polar surface area (TPSA) is 127 Å². The number of carboxylic acids is 1. The molecule has 2 aliphatic rings. The van der Waals surface area contributed by atoms with Crippen molar-refractivity contribution < 1.29 is 40.5 Å². The van der Waals surface area contributed by atoms with Gasteiger partial charge in [0.25, 0.3) is 0 Å². The van der Waals surface area contributed by atoms with E-state index >= 15 is 0 Å². The summed E-state index contributed by atoms with van der Waals surface area (Å²) in [7, 11) is -6.00. The molecular weight excluding hydrogens is 321 g/mol. The number of fused-ring (bicyclic) bond motifs is 1. The monoisotopic (exact) mass is 330 g/mol. The Balaban J connectivity index is 2.41. The molecule has 0 aliphatic carbocycles. The Kier molecular flexibility index (Phi) is 3.40. The van der Waals surface area contributed by atoms with E-state index in [9.17, 15) is 31.2 Å². The number of β-lactam (4-membered cyclic amide) rings is 1. The van der Waals surface area contributed by atoms with Crippen LogP contribution < -0.4 is 5.73 Å². The van der Waals surface area contributed by atoms with Gasteiger partial charge in [-0.3, -0.25) is 9.69 Å². The van der Waals surface area contributed by atoms with Gasteiger partial charge in [0, 0.05) is 6.42 Å². The van der Waals surface area contributed by atoms with Crippen LogP contribution in [0.15, 0.2) is 11.5 Å². The Hall–Kier alpha value is -1.82. The summed E-state index contributed by atoms with van der Waals surface area (Å²) in [6.45, 7) is 0. The van der Waals surface area contributed by atoms with E-state index in [1.54, 1.807) is 0 Å². The van der Waals surface area contributed by atoms with Gasteiger partial charge in [0.05, 0.1) is 6.04 Å². The second-order valence-electron chi connectivity index (χ2n) is 4.40. The maximum absolute atomic E-state index is 12.3. The minimum Gasteiger partial charge on any atom is -0.476 e. The van der Waals surface area contributed by atoms with Crippen molar-refractivity contribution in [2.45, 2.75) is 30.4 Å². The van der Waals surface area contributed by atoms with E-state index in [1.807, 2.05) is 0 Å². The lowest BCUT2D eigenvalue weighted by molar-refractivity contribution is -0.153. The van der Waals surface area contributed by atoms with Crippen molar-refractivity contribution in [1.82, 2.24) is 4.90 Å². The number of rotatable bonds is 3. The lowest BCUT2D eigenvalue weighted by Gasteiger charge is -2.48. The first kappa shape index (κ1) is 15.6. The zero-order chi connectivity index (χ0) is 16.2. The van der Waals surface area contributed by atoms with Crippen LogP contribution >= 0.6 is 0 Å². The maximum Gasteiger partial charge on any atom is 0.534 e. The standard InChI is InChI=1S/C9H9F3N2O6S/c10-9(11,12)21(18,19)20-4-2-1-3-5(13)7(15)14(3)6(4)8(16)17/h3,5H,1-2,13H2,(H,16,17)/t3-,5?/m1/s1. The largest absolute Gasteiger partial charge is 0.534 e. The van der Waals surface area contributed by atoms with E-state index < -0.39 is 51.0 Å². The molecule has 8 nitrogen and oxygen atoms in total. The van der Waals surface area contributed by atoms with Crippen molar-refractivity contribution in [1.29, 1.82) is 0 Å². The highest BCUT2D eigenvalue weighted by Gasteiger charge is 2.54. The van der Waals surface area contributed by atoms with Gasteiger partial charge in [-0.15, -0.1) is 0 Å². The van der Waals surface area contributed by atoms with Crippen molar-refractivity contribution >= 4 is 22.0 Å². The van der Waals surface area contributed by atoms with Gasteiger partial charge in [-0.05, 0) is 6.42 Å². The SMILES string of the molecule is NC1C(=O)N2C(C(=O)O)=C(OS(=O)(=O)C(F)(F)F)CC[C@H]12. The van der Waals surface area contributed by atoms with Crippen LogP contribution in [0.25, 0.3) is 0 Å². The van der Waals surface area contributed by atoms with E-state index in [0.717, 1.165) is 0 Å².